The molecule has 3 heteroatoms. The Morgan fingerprint density at radius 3 is 2.69 bits per heavy atom. The summed E-state index contributed by atoms with van der Waals surface area (Å²) in [6.07, 6.45) is 2.12. The fourth-order valence-corrected chi connectivity index (χ4v) is 2.91. The Labute approximate surface area is 105 Å². The molecule has 1 aromatic rings. The zero-order valence-electron chi connectivity index (χ0n) is 9.61. The number of hydrogen-bond acceptors (Lipinski definition) is 2. The van der Waals surface area contributed by atoms with Gasteiger partial charge in [0.2, 0.25) is 0 Å². The molecule has 86 valence electrons. The Morgan fingerprint density at radius 2 is 2.19 bits per heavy atom. The molecule has 2 rings (SSSR count). The van der Waals surface area contributed by atoms with Crippen LogP contribution in [0.25, 0.3) is 0 Å². The van der Waals surface area contributed by atoms with Crippen molar-refractivity contribution in [2.75, 3.05) is 11.4 Å². The van der Waals surface area contributed by atoms with Crippen molar-refractivity contribution in [3.63, 3.8) is 0 Å². The van der Waals surface area contributed by atoms with Crippen LogP contribution in [0.3, 0.4) is 0 Å². The number of nitrogens with zero attached hydrogens (tertiary/aromatic N) is 1. The lowest BCUT2D eigenvalue weighted by Crippen LogP contribution is -2.26. The summed E-state index contributed by atoms with van der Waals surface area (Å²) in [6, 6.07) is 6.53. The molecule has 1 aliphatic heterocycles. The van der Waals surface area contributed by atoms with Gasteiger partial charge in [-0.05, 0) is 53.4 Å². The minimum Gasteiger partial charge on any atom is -0.369 e. The Hall–Kier alpha value is -0.830. The molecule has 1 fully saturated rings. The predicted molar refractivity (Wildman–Crippen MR) is 70.1 cm³/mol. The van der Waals surface area contributed by atoms with Crippen LogP contribution in [-0.4, -0.2) is 18.9 Å². The molecule has 2 unspecified atom stereocenters. The van der Waals surface area contributed by atoms with Gasteiger partial charge in [0.15, 0.2) is 6.29 Å². The van der Waals surface area contributed by atoms with Crippen LogP contribution in [0.15, 0.2) is 22.7 Å². The van der Waals surface area contributed by atoms with Gasteiger partial charge in [-0.15, -0.1) is 0 Å². The fourth-order valence-electron chi connectivity index (χ4n) is 2.45. The van der Waals surface area contributed by atoms with E-state index in [0.717, 1.165) is 23.2 Å². The van der Waals surface area contributed by atoms with Crippen LogP contribution < -0.4 is 4.90 Å². The number of carbonyl (C=O) groups excluding carboxylic acids is 1. The van der Waals surface area contributed by atoms with E-state index < -0.39 is 0 Å². The van der Waals surface area contributed by atoms with Crippen molar-refractivity contribution >= 4 is 27.9 Å². The van der Waals surface area contributed by atoms with E-state index in [1.807, 2.05) is 18.2 Å². The third-order valence-corrected chi connectivity index (χ3v) is 3.91. The molecule has 0 radical (unpaired) electrons. The van der Waals surface area contributed by atoms with Gasteiger partial charge in [0, 0.05) is 28.3 Å². The molecule has 0 N–H and O–H groups in total. The number of benzene rings is 1. The van der Waals surface area contributed by atoms with E-state index in [4.69, 9.17) is 0 Å². The van der Waals surface area contributed by atoms with Crippen LogP contribution in [0.4, 0.5) is 5.69 Å². The molecule has 1 aromatic carbocycles. The molecule has 2 atom stereocenters. The third kappa shape index (κ3) is 2.14. The third-order valence-electron chi connectivity index (χ3n) is 3.23. The number of carbonyl (C=O) groups is 1. The van der Waals surface area contributed by atoms with Crippen molar-refractivity contribution in [3.8, 4) is 0 Å². The first kappa shape index (κ1) is 11.6. The second-order valence-electron chi connectivity index (χ2n) is 4.67. The molecule has 0 aliphatic carbocycles. The van der Waals surface area contributed by atoms with Gasteiger partial charge in [-0.2, -0.15) is 0 Å². The molecule has 1 heterocycles. The van der Waals surface area contributed by atoms with Gasteiger partial charge in [0.1, 0.15) is 0 Å². The van der Waals surface area contributed by atoms with E-state index in [-0.39, 0.29) is 0 Å². The van der Waals surface area contributed by atoms with Gasteiger partial charge in [0.25, 0.3) is 0 Å². The monoisotopic (exact) mass is 281 g/mol. The number of halogens is 1. The number of rotatable bonds is 2. The molecule has 0 saturated carbocycles. The molecule has 0 amide bonds. The van der Waals surface area contributed by atoms with E-state index in [2.05, 4.69) is 34.7 Å². The second-order valence-corrected chi connectivity index (χ2v) is 5.52. The summed E-state index contributed by atoms with van der Waals surface area (Å²) >= 11 is 3.43. The van der Waals surface area contributed by atoms with Gasteiger partial charge < -0.3 is 4.90 Å². The molecule has 0 aromatic heterocycles. The lowest BCUT2D eigenvalue weighted by molar-refractivity contribution is 0.112. The van der Waals surface area contributed by atoms with Crippen LogP contribution in [0.1, 0.15) is 30.6 Å². The summed E-state index contributed by atoms with van der Waals surface area (Å²) in [5, 5.41) is 0. The van der Waals surface area contributed by atoms with Crippen LogP contribution in [0.5, 0.6) is 0 Å². The summed E-state index contributed by atoms with van der Waals surface area (Å²) in [5.41, 5.74) is 1.91. The largest absolute Gasteiger partial charge is 0.369 e. The van der Waals surface area contributed by atoms with E-state index in [9.17, 15) is 4.79 Å². The maximum Gasteiger partial charge on any atom is 0.151 e. The van der Waals surface area contributed by atoms with E-state index in [1.165, 1.54) is 12.1 Å². The Balaban J connectivity index is 2.28. The van der Waals surface area contributed by atoms with Crippen LogP contribution in [-0.2, 0) is 0 Å². The lowest BCUT2D eigenvalue weighted by Gasteiger charge is -2.24. The topological polar surface area (TPSA) is 20.3 Å². The summed E-state index contributed by atoms with van der Waals surface area (Å²) in [5.74, 6) is 0.750. The number of anilines is 1. The summed E-state index contributed by atoms with van der Waals surface area (Å²) in [7, 11) is 0. The first-order valence-corrected chi connectivity index (χ1v) is 6.42. The van der Waals surface area contributed by atoms with E-state index in [1.54, 1.807) is 0 Å². The highest BCUT2D eigenvalue weighted by molar-refractivity contribution is 9.10. The molecular formula is C13H16BrNO. The van der Waals surface area contributed by atoms with Gasteiger partial charge >= 0.3 is 0 Å². The summed E-state index contributed by atoms with van der Waals surface area (Å²) < 4.78 is 0.881. The van der Waals surface area contributed by atoms with Crippen molar-refractivity contribution in [1.82, 2.24) is 0 Å². The van der Waals surface area contributed by atoms with Crippen LogP contribution in [0.2, 0.25) is 0 Å². The second kappa shape index (κ2) is 4.58. The molecular weight excluding hydrogens is 266 g/mol. The highest BCUT2D eigenvalue weighted by Crippen LogP contribution is 2.31. The molecule has 16 heavy (non-hydrogen) atoms. The highest BCUT2D eigenvalue weighted by atomic mass is 79.9. The first-order valence-electron chi connectivity index (χ1n) is 5.63. The van der Waals surface area contributed by atoms with Crippen molar-refractivity contribution in [3.05, 3.63) is 28.2 Å². The molecule has 0 bridgehead atoms. The van der Waals surface area contributed by atoms with Gasteiger partial charge in [-0.25, -0.2) is 0 Å². The van der Waals surface area contributed by atoms with E-state index >= 15 is 0 Å². The van der Waals surface area contributed by atoms with Gasteiger partial charge in [-0.1, -0.05) is 6.92 Å². The summed E-state index contributed by atoms with van der Waals surface area (Å²) in [4.78, 5) is 13.1. The Kier molecular flexibility index (Phi) is 3.33. The smallest absolute Gasteiger partial charge is 0.151 e. The van der Waals surface area contributed by atoms with Gasteiger partial charge in [-0.3, -0.25) is 4.79 Å². The number of aldehydes is 1. The zero-order valence-corrected chi connectivity index (χ0v) is 11.2. The highest BCUT2D eigenvalue weighted by Gasteiger charge is 2.26. The minimum atomic E-state index is 0.587. The SMILES string of the molecule is CC1CC(C)N(c2ccc(C=O)c(Br)c2)C1. The van der Waals surface area contributed by atoms with Gasteiger partial charge in [0.05, 0.1) is 0 Å². The van der Waals surface area contributed by atoms with Crippen LogP contribution in [0, 0.1) is 5.92 Å². The molecule has 0 spiro atoms. The minimum absolute atomic E-state index is 0.587. The molecule has 1 saturated heterocycles. The Morgan fingerprint density at radius 1 is 1.44 bits per heavy atom. The van der Waals surface area contributed by atoms with E-state index in [0.29, 0.717) is 11.6 Å². The Bertz CT molecular complexity index is 405. The lowest BCUT2D eigenvalue weighted by atomic mass is 10.1. The maximum atomic E-state index is 10.7. The van der Waals surface area contributed by atoms with Crippen molar-refractivity contribution in [1.29, 1.82) is 0 Å². The summed E-state index contributed by atoms with van der Waals surface area (Å²) in [6.45, 7) is 5.64. The van der Waals surface area contributed by atoms with Crippen LogP contribution >= 0.6 is 15.9 Å². The average molecular weight is 282 g/mol. The molecule has 2 nitrogen and oxygen atoms in total. The fraction of sp³-hybridized carbons (Fsp3) is 0.462. The zero-order chi connectivity index (χ0) is 11.7. The normalized spacial score (nSPS) is 24.8. The molecule has 1 aliphatic rings. The number of hydrogen-bond donors (Lipinski definition) is 0. The van der Waals surface area contributed by atoms with Crippen molar-refractivity contribution in [2.45, 2.75) is 26.3 Å². The van der Waals surface area contributed by atoms with Crippen molar-refractivity contribution in [2.24, 2.45) is 5.92 Å². The standard InChI is InChI=1S/C13H16BrNO/c1-9-5-10(2)15(7-9)12-4-3-11(8-16)13(14)6-12/h3-4,6,8-10H,5,7H2,1-2H3. The quantitative estimate of drug-likeness (QED) is 0.774. The maximum absolute atomic E-state index is 10.7. The average Bonchev–Trinajstić information content (AvgIpc) is 2.58. The van der Waals surface area contributed by atoms with Crippen molar-refractivity contribution < 1.29 is 4.79 Å². The first-order chi connectivity index (χ1) is 7.61. The predicted octanol–water partition coefficient (Wildman–Crippen LogP) is 3.50.